The van der Waals surface area contributed by atoms with Crippen molar-refractivity contribution in [1.82, 2.24) is 0 Å². The third-order valence-electron chi connectivity index (χ3n) is 0.861. The molecule has 0 bridgehead atoms. The molecule has 1 aromatic carbocycles. The van der Waals surface area contributed by atoms with Gasteiger partial charge in [-0.25, -0.2) is 0 Å². The maximum absolute atomic E-state index is 9.45. The summed E-state index contributed by atoms with van der Waals surface area (Å²) in [7, 11) is 0. The van der Waals surface area contributed by atoms with Crippen LogP contribution in [0.15, 0.2) is 30.3 Å². The SMILES string of the molecule is O=C(Cl)CCl.Oc1ccccc1. The molecule has 0 aliphatic heterocycles. The molecule has 0 fully saturated rings. The number of carbonyl (C=O) groups excluding carboxylic acids is 1. The molecule has 0 aliphatic rings. The van der Waals surface area contributed by atoms with E-state index in [0.717, 1.165) is 0 Å². The van der Waals surface area contributed by atoms with Crippen molar-refractivity contribution in [2.75, 3.05) is 5.88 Å². The Labute approximate surface area is 80.7 Å². The van der Waals surface area contributed by atoms with E-state index in [4.69, 9.17) is 28.3 Å². The van der Waals surface area contributed by atoms with Crippen molar-refractivity contribution in [3.63, 3.8) is 0 Å². The van der Waals surface area contributed by atoms with Gasteiger partial charge in [0.15, 0.2) is 0 Å². The van der Waals surface area contributed by atoms with E-state index in [1.165, 1.54) is 0 Å². The Morgan fingerprint density at radius 3 is 1.92 bits per heavy atom. The van der Waals surface area contributed by atoms with E-state index in [1.807, 2.05) is 6.07 Å². The van der Waals surface area contributed by atoms with Crippen LogP contribution in [0.3, 0.4) is 0 Å². The van der Waals surface area contributed by atoms with Crippen molar-refractivity contribution >= 4 is 28.4 Å². The number of aromatic hydroxyl groups is 1. The molecular formula is C8H8Cl2O2. The molecule has 0 aromatic heterocycles. The van der Waals surface area contributed by atoms with Gasteiger partial charge in [0, 0.05) is 0 Å². The van der Waals surface area contributed by atoms with E-state index < -0.39 is 5.24 Å². The summed E-state index contributed by atoms with van der Waals surface area (Å²) in [6.07, 6.45) is 0. The topological polar surface area (TPSA) is 37.3 Å². The second-order valence-corrected chi connectivity index (χ2v) is 2.51. The van der Waals surface area contributed by atoms with Crippen molar-refractivity contribution in [2.45, 2.75) is 0 Å². The van der Waals surface area contributed by atoms with Gasteiger partial charge < -0.3 is 5.11 Å². The van der Waals surface area contributed by atoms with Gasteiger partial charge in [0.25, 0.3) is 0 Å². The van der Waals surface area contributed by atoms with Crippen LogP contribution in [0.1, 0.15) is 0 Å². The van der Waals surface area contributed by atoms with E-state index in [0.29, 0.717) is 5.75 Å². The highest BCUT2D eigenvalue weighted by molar-refractivity contribution is 6.67. The number of rotatable bonds is 1. The van der Waals surface area contributed by atoms with Crippen LogP contribution < -0.4 is 0 Å². The van der Waals surface area contributed by atoms with Gasteiger partial charge in [0.2, 0.25) is 5.24 Å². The highest BCUT2D eigenvalue weighted by Crippen LogP contribution is 2.02. The standard InChI is InChI=1S/C6H6O.C2H2Cl2O/c7-6-4-2-1-3-5-6;3-1-2(4)5/h1-5,7H;1H2. The van der Waals surface area contributed by atoms with Crippen molar-refractivity contribution in [3.05, 3.63) is 30.3 Å². The predicted molar refractivity (Wildman–Crippen MR) is 49.7 cm³/mol. The van der Waals surface area contributed by atoms with Crippen LogP contribution in [0, 0.1) is 0 Å². The summed E-state index contributed by atoms with van der Waals surface area (Å²) in [5.74, 6) is 0.226. The Hall–Kier alpha value is -0.730. The fourth-order valence-electron chi connectivity index (χ4n) is 0.428. The molecule has 0 saturated carbocycles. The summed E-state index contributed by atoms with van der Waals surface area (Å²) in [5.41, 5.74) is 0. The van der Waals surface area contributed by atoms with Gasteiger partial charge in [-0.3, -0.25) is 4.79 Å². The minimum atomic E-state index is -0.508. The molecule has 1 rings (SSSR count). The van der Waals surface area contributed by atoms with Gasteiger partial charge in [-0.1, -0.05) is 18.2 Å². The third kappa shape index (κ3) is 7.38. The Balaban J connectivity index is 0.000000217. The number of carbonyl (C=O) groups is 1. The van der Waals surface area contributed by atoms with Crippen LogP contribution in [-0.4, -0.2) is 16.2 Å². The highest BCUT2D eigenvalue weighted by Gasteiger charge is 1.83. The smallest absolute Gasteiger partial charge is 0.236 e. The molecule has 12 heavy (non-hydrogen) atoms. The van der Waals surface area contributed by atoms with Crippen LogP contribution in [0.5, 0.6) is 5.75 Å². The lowest BCUT2D eigenvalue weighted by atomic mass is 10.3. The number of benzene rings is 1. The van der Waals surface area contributed by atoms with E-state index in [9.17, 15) is 4.79 Å². The third-order valence-corrected chi connectivity index (χ3v) is 1.37. The lowest BCUT2D eigenvalue weighted by Crippen LogP contribution is -1.81. The van der Waals surface area contributed by atoms with Gasteiger partial charge in [-0.2, -0.15) is 0 Å². The number of hydrogen-bond donors (Lipinski definition) is 1. The van der Waals surface area contributed by atoms with Gasteiger partial charge >= 0.3 is 0 Å². The molecule has 0 unspecified atom stereocenters. The average Bonchev–Trinajstić information content (AvgIpc) is 2.07. The summed E-state index contributed by atoms with van der Waals surface area (Å²) in [6.45, 7) is 0. The maximum Gasteiger partial charge on any atom is 0.236 e. The highest BCUT2D eigenvalue weighted by atomic mass is 35.5. The summed E-state index contributed by atoms with van der Waals surface area (Å²) >= 11 is 9.55. The zero-order chi connectivity index (χ0) is 9.40. The molecular weight excluding hydrogens is 199 g/mol. The van der Waals surface area contributed by atoms with Gasteiger partial charge in [-0.15, -0.1) is 11.6 Å². The first-order valence-corrected chi connectivity index (χ1v) is 4.06. The van der Waals surface area contributed by atoms with Crippen LogP contribution in [0.2, 0.25) is 0 Å². The number of phenols is 1. The number of phenolic OH excluding ortho intramolecular Hbond substituents is 1. The van der Waals surface area contributed by atoms with Gasteiger partial charge in [-0.05, 0) is 23.7 Å². The van der Waals surface area contributed by atoms with Crippen LogP contribution in [-0.2, 0) is 4.79 Å². The minimum absolute atomic E-state index is 0.0957. The molecule has 4 heteroatoms. The summed E-state index contributed by atoms with van der Waals surface area (Å²) < 4.78 is 0. The lowest BCUT2D eigenvalue weighted by molar-refractivity contribution is -0.109. The molecule has 0 heterocycles. The Kier molecular flexibility index (Phi) is 6.53. The van der Waals surface area contributed by atoms with Crippen LogP contribution in [0.25, 0.3) is 0 Å². The van der Waals surface area contributed by atoms with Crippen molar-refractivity contribution in [2.24, 2.45) is 0 Å². The van der Waals surface area contributed by atoms with Crippen molar-refractivity contribution < 1.29 is 9.90 Å². The Bertz CT molecular complexity index is 224. The quantitative estimate of drug-likeness (QED) is 0.567. The molecule has 2 nitrogen and oxygen atoms in total. The largest absolute Gasteiger partial charge is 0.508 e. The zero-order valence-electron chi connectivity index (χ0n) is 6.21. The first-order chi connectivity index (χ1) is 5.66. The van der Waals surface area contributed by atoms with Gasteiger partial charge in [0.1, 0.15) is 5.75 Å². The molecule has 0 spiro atoms. The molecule has 0 amide bonds. The van der Waals surface area contributed by atoms with Gasteiger partial charge in [0.05, 0.1) is 5.88 Å². The Morgan fingerprint density at radius 1 is 1.33 bits per heavy atom. The molecule has 1 aromatic rings. The number of para-hydroxylation sites is 1. The lowest BCUT2D eigenvalue weighted by Gasteiger charge is -1.82. The number of alkyl halides is 1. The van der Waals surface area contributed by atoms with E-state index in [-0.39, 0.29) is 5.88 Å². The number of halogens is 2. The minimum Gasteiger partial charge on any atom is -0.508 e. The molecule has 1 N–H and O–H groups in total. The second kappa shape index (κ2) is 6.95. The molecule has 0 aliphatic carbocycles. The fraction of sp³-hybridized carbons (Fsp3) is 0.125. The second-order valence-electron chi connectivity index (χ2n) is 1.82. The average molecular weight is 207 g/mol. The summed E-state index contributed by atoms with van der Waals surface area (Å²) in [5, 5.41) is 8.12. The van der Waals surface area contributed by atoms with Crippen molar-refractivity contribution in [3.8, 4) is 5.75 Å². The normalized spacial score (nSPS) is 8.17. The fourth-order valence-corrected chi connectivity index (χ4v) is 0.428. The summed E-state index contributed by atoms with van der Waals surface area (Å²) in [6, 6.07) is 8.71. The Morgan fingerprint density at radius 2 is 1.75 bits per heavy atom. The van der Waals surface area contributed by atoms with Crippen molar-refractivity contribution in [1.29, 1.82) is 0 Å². The van der Waals surface area contributed by atoms with E-state index in [2.05, 4.69) is 0 Å². The predicted octanol–water partition coefficient (Wildman–Crippen LogP) is 2.38. The summed E-state index contributed by atoms with van der Waals surface area (Å²) in [4.78, 5) is 9.45. The zero-order valence-corrected chi connectivity index (χ0v) is 7.72. The van der Waals surface area contributed by atoms with E-state index >= 15 is 0 Å². The maximum atomic E-state index is 9.45. The molecule has 0 radical (unpaired) electrons. The van der Waals surface area contributed by atoms with E-state index in [1.54, 1.807) is 24.3 Å². The molecule has 0 atom stereocenters. The van der Waals surface area contributed by atoms with Crippen LogP contribution in [0.4, 0.5) is 0 Å². The molecule has 66 valence electrons. The number of hydrogen-bond acceptors (Lipinski definition) is 2. The monoisotopic (exact) mass is 206 g/mol. The first kappa shape index (κ1) is 11.3. The molecule has 0 saturated heterocycles. The van der Waals surface area contributed by atoms with Crippen LogP contribution >= 0.6 is 23.2 Å². The first-order valence-electron chi connectivity index (χ1n) is 3.15.